The molecular formula is C23H30FN5O2S. The minimum Gasteiger partial charge on any atom is -0.327 e. The molecule has 172 valence electrons. The maximum Gasteiger partial charge on any atom is 0.242 e. The van der Waals surface area contributed by atoms with E-state index in [-0.39, 0.29) is 10.7 Å². The van der Waals surface area contributed by atoms with E-state index in [1.807, 2.05) is 18.2 Å². The van der Waals surface area contributed by atoms with Gasteiger partial charge in [0.1, 0.15) is 11.6 Å². The van der Waals surface area contributed by atoms with Crippen molar-refractivity contribution in [1.29, 1.82) is 0 Å². The van der Waals surface area contributed by atoms with Gasteiger partial charge in [0.15, 0.2) is 0 Å². The highest BCUT2D eigenvalue weighted by molar-refractivity contribution is 7.89. The first-order valence-electron chi connectivity index (χ1n) is 10.9. The van der Waals surface area contributed by atoms with Gasteiger partial charge >= 0.3 is 0 Å². The highest BCUT2D eigenvalue weighted by Gasteiger charge is 2.22. The van der Waals surface area contributed by atoms with Gasteiger partial charge in [-0.3, -0.25) is 9.80 Å². The molecule has 0 spiro atoms. The van der Waals surface area contributed by atoms with Crippen LogP contribution < -0.4 is 0 Å². The van der Waals surface area contributed by atoms with Crippen LogP contribution in [0.25, 0.3) is 11.0 Å². The summed E-state index contributed by atoms with van der Waals surface area (Å²) in [6, 6.07) is 12.1. The second-order valence-electron chi connectivity index (χ2n) is 8.35. The molecule has 1 fully saturated rings. The number of piperazine rings is 1. The zero-order valence-electron chi connectivity index (χ0n) is 18.8. The molecule has 2 heterocycles. The molecule has 9 heteroatoms. The van der Waals surface area contributed by atoms with Crippen molar-refractivity contribution in [2.24, 2.45) is 0 Å². The molecule has 0 amide bonds. The minimum absolute atomic E-state index is 0.151. The molecule has 1 aliphatic rings. The van der Waals surface area contributed by atoms with Crippen molar-refractivity contribution in [3.8, 4) is 0 Å². The molecule has 0 saturated carbocycles. The number of rotatable bonds is 7. The number of aryl methyl sites for hydroxylation is 1. The quantitative estimate of drug-likeness (QED) is 0.544. The predicted molar refractivity (Wildman–Crippen MR) is 123 cm³/mol. The Morgan fingerprint density at radius 3 is 2.28 bits per heavy atom. The Morgan fingerprint density at radius 2 is 1.66 bits per heavy atom. The first-order chi connectivity index (χ1) is 15.3. The monoisotopic (exact) mass is 459 g/mol. The summed E-state index contributed by atoms with van der Waals surface area (Å²) in [7, 11) is -0.441. The normalized spacial score (nSPS) is 16.3. The number of nitrogens with zero attached hydrogens (tertiary/aromatic N) is 5. The molecule has 32 heavy (non-hydrogen) atoms. The van der Waals surface area contributed by atoms with Crippen LogP contribution in [0.3, 0.4) is 0 Å². The first kappa shape index (κ1) is 22.8. The van der Waals surface area contributed by atoms with Crippen molar-refractivity contribution < 1.29 is 12.8 Å². The Balaban J connectivity index is 1.47. The van der Waals surface area contributed by atoms with Crippen molar-refractivity contribution in [3.63, 3.8) is 0 Å². The molecule has 1 saturated heterocycles. The van der Waals surface area contributed by atoms with E-state index in [0.29, 0.717) is 18.6 Å². The van der Waals surface area contributed by atoms with Crippen LogP contribution in [0.5, 0.6) is 0 Å². The van der Waals surface area contributed by atoms with Crippen LogP contribution in [-0.2, 0) is 29.7 Å². The summed E-state index contributed by atoms with van der Waals surface area (Å²) in [5.41, 5.74) is 2.37. The van der Waals surface area contributed by atoms with Gasteiger partial charge in [0.2, 0.25) is 10.0 Å². The van der Waals surface area contributed by atoms with Gasteiger partial charge in [0.25, 0.3) is 0 Å². The molecule has 0 unspecified atom stereocenters. The molecule has 3 aromatic rings. The second kappa shape index (κ2) is 9.27. The van der Waals surface area contributed by atoms with E-state index in [4.69, 9.17) is 4.98 Å². The van der Waals surface area contributed by atoms with E-state index >= 15 is 0 Å². The van der Waals surface area contributed by atoms with E-state index in [2.05, 4.69) is 21.3 Å². The van der Waals surface area contributed by atoms with Crippen LogP contribution in [0.4, 0.5) is 4.39 Å². The van der Waals surface area contributed by atoms with Gasteiger partial charge < -0.3 is 4.57 Å². The summed E-state index contributed by atoms with van der Waals surface area (Å²) in [5, 5.41) is 0. The van der Waals surface area contributed by atoms with Gasteiger partial charge in [0.05, 0.1) is 22.5 Å². The second-order valence-corrected chi connectivity index (χ2v) is 10.5. The lowest BCUT2D eigenvalue weighted by Gasteiger charge is -2.34. The third-order valence-corrected chi connectivity index (χ3v) is 7.89. The Labute approximate surface area is 189 Å². The van der Waals surface area contributed by atoms with Crippen LogP contribution in [0.1, 0.15) is 18.3 Å². The number of aromatic nitrogens is 2. The SMILES string of the molecule is CCn1c(CN2CCN(Cc3ccccc3F)CC2)nc2cc(S(=O)(=O)N(C)C)ccc21. The summed E-state index contributed by atoms with van der Waals surface area (Å²) < 4.78 is 42.3. The van der Waals surface area contributed by atoms with E-state index in [0.717, 1.165) is 49.6 Å². The molecule has 0 bridgehead atoms. The Morgan fingerprint density at radius 1 is 1.00 bits per heavy atom. The van der Waals surface area contributed by atoms with Gasteiger partial charge in [-0.2, -0.15) is 0 Å². The lowest BCUT2D eigenvalue weighted by atomic mass is 10.2. The topological polar surface area (TPSA) is 61.7 Å². The smallest absolute Gasteiger partial charge is 0.242 e. The molecule has 0 atom stereocenters. The fourth-order valence-electron chi connectivity index (χ4n) is 4.18. The molecule has 2 aromatic carbocycles. The van der Waals surface area contributed by atoms with Gasteiger partial charge in [0, 0.05) is 58.9 Å². The number of hydrogen-bond donors (Lipinski definition) is 0. The number of imidazole rings is 1. The van der Waals surface area contributed by atoms with Crippen LogP contribution in [-0.4, -0.2) is 72.3 Å². The Hall–Kier alpha value is -2.33. The molecule has 1 aliphatic heterocycles. The van der Waals surface area contributed by atoms with Crippen LogP contribution in [0.15, 0.2) is 47.4 Å². The van der Waals surface area contributed by atoms with Crippen molar-refractivity contribution in [2.75, 3.05) is 40.3 Å². The standard InChI is InChI=1S/C23H30FN5O2S/c1-4-29-22-10-9-19(32(30,31)26(2)3)15-21(22)25-23(29)17-28-13-11-27(12-14-28)16-18-7-5-6-8-20(18)24/h5-10,15H,4,11-14,16-17H2,1-3H3. The average Bonchev–Trinajstić information content (AvgIpc) is 3.12. The summed E-state index contributed by atoms with van der Waals surface area (Å²) >= 11 is 0. The van der Waals surface area contributed by atoms with Crippen LogP contribution >= 0.6 is 0 Å². The van der Waals surface area contributed by atoms with Gasteiger partial charge in [-0.1, -0.05) is 18.2 Å². The van der Waals surface area contributed by atoms with Crippen molar-refractivity contribution in [3.05, 3.63) is 59.7 Å². The maximum atomic E-state index is 14.0. The summed E-state index contributed by atoms with van der Waals surface area (Å²) in [5.74, 6) is 0.784. The van der Waals surface area contributed by atoms with Gasteiger partial charge in [-0.15, -0.1) is 0 Å². The summed E-state index contributed by atoms with van der Waals surface area (Å²) in [6.45, 7) is 7.64. The van der Waals surface area contributed by atoms with Gasteiger partial charge in [-0.05, 0) is 31.2 Å². The summed E-state index contributed by atoms with van der Waals surface area (Å²) in [4.78, 5) is 9.66. The number of hydrogen-bond acceptors (Lipinski definition) is 5. The highest BCUT2D eigenvalue weighted by Crippen LogP contribution is 2.23. The number of halogens is 1. The fraction of sp³-hybridized carbons (Fsp3) is 0.435. The van der Waals surface area contributed by atoms with Crippen LogP contribution in [0, 0.1) is 5.82 Å². The third-order valence-electron chi connectivity index (χ3n) is 6.08. The van der Waals surface area contributed by atoms with E-state index in [1.165, 1.54) is 24.5 Å². The summed E-state index contributed by atoms with van der Waals surface area (Å²) in [6.07, 6.45) is 0. The molecule has 0 aliphatic carbocycles. The lowest BCUT2D eigenvalue weighted by Crippen LogP contribution is -2.45. The average molecular weight is 460 g/mol. The lowest BCUT2D eigenvalue weighted by molar-refractivity contribution is 0.118. The number of fused-ring (bicyclic) bond motifs is 1. The van der Waals surface area contributed by atoms with Gasteiger partial charge in [-0.25, -0.2) is 22.1 Å². The maximum absolute atomic E-state index is 14.0. The van der Waals surface area contributed by atoms with E-state index in [1.54, 1.807) is 18.2 Å². The fourth-order valence-corrected chi connectivity index (χ4v) is 5.10. The predicted octanol–water partition coefficient (Wildman–Crippen LogP) is 2.76. The van der Waals surface area contributed by atoms with E-state index in [9.17, 15) is 12.8 Å². The Kier molecular flexibility index (Phi) is 6.62. The Bertz CT molecular complexity index is 1200. The largest absolute Gasteiger partial charge is 0.327 e. The zero-order valence-corrected chi connectivity index (χ0v) is 19.6. The third kappa shape index (κ3) is 4.56. The van der Waals surface area contributed by atoms with Crippen molar-refractivity contribution in [1.82, 2.24) is 23.7 Å². The molecule has 0 N–H and O–H groups in total. The number of benzene rings is 2. The van der Waals surface area contributed by atoms with E-state index < -0.39 is 10.0 Å². The van der Waals surface area contributed by atoms with Crippen molar-refractivity contribution in [2.45, 2.75) is 31.5 Å². The minimum atomic E-state index is -3.50. The first-order valence-corrected chi connectivity index (χ1v) is 12.3. The molecule has 1 aromatic heterocycles. The zero-order chi connectivity index (χ0) is 22.9. The molecule has 0 radical (unpaired) electrons. The molecule has 7 nitrogen and oxygen atoms in total. The molecular weight excluding hydrogens is 429 g/mol. The van der Waals surface area contributed by atoms with Crippen LogP contribution in [0.2, 0.25) is 0 Å². The highest BCUT2D eigenvalue weighted by atomic mass is 32.2. The molecule has 4 rings (SSSR count). The number of sulfonamides is 1. The van der Waals surface area contributed by atoms with Crippen molar-refractivity contribution >= 4 is 21.1 Å².